The monoisotopic (exact) mass is 396 g/mol. The Morgan fingerprint density at radius 1 is 0.550 bits per heavy atom. The van der Waals surface area contributed by atoms with Gasteiger partial charge in [0.15, 0.2) is 0 Å². The van der Waals surface area contributed by atoms with E-state index in [2.05, 4.69) is 0 Å². The summed E-state index contributed by atoms with van der Waals surface area (Å²) < 4.78 is 26.3. The Morgan fingerprint density at radius 2 is 0.550 bits per heavy atom. The number of phosphoric acid groups is 3. The van der Waals surface area contributed by atoms with Gasteiger partial charge in [0.2, 0.25) is 0 Å². The maximum Gasteiger partial charge on any atom is 1.00 e. The van der Waals surface area contributed by atoms with Gasteiger partial charge in [-0.05, 0) is 0 Å². The molecule has 0 aromatic rings. The van der Waals surface area contributed by atoms with Gasteiger partial charge >= 0.3 is 104 Å². The normalized spacial score (nSPS) is 8.85. The van der Waals surface area contributed by atoms with Crippen molar-refractivity contribution >= 4 is 23.5 Å². The van der Waals surface area contributed by atoms with E-state index < -0.39 is 23.5 Å². The molecule has 0 saturated heterocycles. The molecule has 0 atom stereocenters. The molecule has 0 amide bonds. The van der Waals surface area contributed by atoms with Gasteiger partial charge in [-0.3, -0.25) is 0 Å². The first-order chi connectivity index (χ1) is 6.00. The smallest absolute Gasteiger partial charge is 0.822 e. The zero-order valence-corrected chi connectivity index (χ0v) is 19.2. The van der Waals surface area contributed by atoms with Crippen LogP contribution in [0.1, 0.15) is 0 Å². The van der Waals surface area contributed by atoms with Gasteiger partial charge in [-0.15, -0.1) is 0 Å². The van der Waals surface area contributed by atoms with E-state index >= 15 is 0 Å². The summed E-state index contributed by atoms with van der Waals surface area (Å²) in [6.45, 7) is 0. The van der Waals surface area contributed by atoms with Crippen LogP contribution in [0.25, 0.3) is 0 Å². The Kier molecular flexibility index (Phi) is 55.1. The molecule has 0 aliphatic heterocycles. The fourth-order valence-corrected chi connectivity index (χ4v) is 0. The van der Waals surface area contributed by atoms with Crippen LogP contribution in [0.4, 0.5) is 0 Å². The Balaban J connectivity index is -0.0000000160. The van der Waals surface area contributed by atoms with E-state index in [1.54, 1.807) is 0 Å². The van der Waals surface area contributed by atoms with Gasteiger partial charge in [0, 0.05) is 0 Å². The summed E-state index contributed by atoms with van der Waals surface area (Å²) in [5.74, 6) is 0. The summed E-state index contributed by atoms with van der Waals surface area (Å²) in [5.41, 5.74) is 0. The zero-order chi connectivity index (χ0) is 13.5. The van der Waals surface area contributed by atoms with Gasteiger partial charge in [-0.1, -0.05) is 0 Å². The summed E-state index contributed by atoms with van der Waals surface area (Å²) in [5, 5.41) is 0. The van der Waals surface area contributed by atoms with E-state index in [0.29, 0.717) is 0 Å². The minimum Gasteiger partial charge on any atom is -0.822 e. The minimum atomic E-state index is -5.39. The molecule has 0 aliphatic carbocycles. The Morgan fingerprint density at radius 3 is 0.550 bits per heavy atom. The molecule has 14 nitrogen and oxygen atoms in total. The van der Waals surface area contributed by atoms with Crippen molar-refractivity contribution in [2.75, 3.05) is 0 Å². The van der Waals surface area contributed by atoms with Gasteiger partial charge in [-0.25, -0.2) is 9.13 Å². The molecule has 20 heavy (non-hydrogen) atoms. The van der Waals surface area contributed by atoms with Crippen LogP contribution in [0.5, 0.6) is 0 Å². The second kappa shape index (κ2) is 22.2. The molecular weight excluding hydrogens is 386 g/mol. The van der Waals surface area contributed by atoms with Crippen molar-refractivity contribution in [1.82, 2.24) is 0 Å². The van der Waals surface area contributed by atoms with Crippen molar-refractivity contribution in [1.29, 1.82) is 0 Å². The molecular formula is H10Na3O14P3. The topological polar surface area (TPSA) is 305 Å². The SMILES string of the molecule is O.O.O=P(O)(O)O.O=P(O)(O)O.O=P([O-])([O-])[O-].[Na+].[Na+].[Na+]. The molecule has 0 radical (unpaired) electrons. The fraction of sp³-hybridized carbons (Fsp3) is 0. The number of hydrogen-bond acceptors (Lipinski definition) is 6. The largest absolute Gasteiger partial charge is 1.00 e. The average molecular weight is 396 g/mol. The maximum absolute atomic E-state index is 8.88. The molecule has 0 saturated carbocycles. The molecule has 0 aromatic heterocycles. The van der Waals surface area contributed by atoms with Gasteiger partial charge in [0.1, 0.15) is 0 Å². The zero-order valence-electron chi connectivity index (χ0n) is 10.5. The minimum absolute atomic E-state index is 0. The molecule has 0 bridgehead atoms. The molecule has 10 N–H and O–H groups in total. The molecule has 0 rings (SSSR count). The first-order valence-electron chi connectivity index (χ1n) is 2.30. The van der Waals surface area contributed by atoms with Crippen LogP contribution >= 0.6 is 23.5 Å². The van der Waals surface area contributed by atoms with Gasteiger partial charge < -0.3 is 59.6 Å². The molecule has 20 heteroatoms. The predicted molar refractivity (Wildman–Crippen MR) is 43.4 cm³/mol. The van der Waals surface area contributed by atoms with Crippen LogP contribution in [0.2, 0.25) is 0 Å². The van der Waals surface area contributed by atoms with Crippen LogP contribution in [0.15, 0.2) is 0 Å². The second-order valence-corrected chi connectivity index (χ2v) is 4.42. The van der Waals surface area contributed by atoms with Gasteiger partial charge in [-0.2, -0.15) is 7.82 Å². The standard InChI is InChI=1S/3Na.3H3O4P.2H2O/c;;;3*1-5(2,3)4;;/h;;;3*(H3,1,2,3,4);2*1H2/q3*+1;;;;;/p-3. The first kappa shape index (κ1) is 49.5. The third-order valence-electron chi connectivity index (χ3n) is 0. The second-order valence-electron chi connectivity index (χ2n) is 1.47. The van der Waals surface area contributed by atoms with Crippen molar-refractivity contribution in [2.45, 2.75) is 0 Å². The van der Waals surface area contributed by atoms with Gasteiger partial charge in [0.05, 0.1) is 0 Å². The summed E-state index contributed by atoms with van der Waals surface area (Å²) >= 11 is 0. The van der Waals surface area contributed by atoms with Crippen molar-refractivity contribution in [3.63, 3.8) is 0 Å². The van der Waals surface area contributed by atoms with Crippen LogP contribution in [-0.2, 0) is 13.7 Å². The first-order valence-corrected chi connectivity index (χ1v) is 6.89. The maximum atomic E-state index is 8.88. The third kappa shape index (κ3) is 825. The summed E-state index contributed by atoms with van der Waals surface area (Å²) in [4.78, 5) is 68.8. The molecule has 0 spiro atoms. The Hall–Kier alpha value is 3.25. The van der Waals surface area contributed by atoms with E-state index in [1.807, 2.05) is 0 Å². The summed E-state index contributed by atoms with van der Waals surface area (Å²) in [6.07, 6.45) is 0. The van der Waals surface area contributed by atoms with Crippen molar-refractivity contribution < 1.29 is 157 Å². The number of rotatable bonds is 0. The van der Waals surface area contributed by atoms with E-state index in [0.717, 1.165) is 0 Å². The third-order valence-corrected chi connectivity index (χ3v) is 0. The molecule has 0 aliphatic rings. The molecule has 0 fully saturated rings. The van der Waals surface area contributed by atoms with E-state index in [-0.39, 0.29) is 99.6 Å². The van der Waals surface area contributed by atoms with E-state index in [9.17, 15) is 0 Å². The predicted octanol–water partition coefficient (Wildman–Crippen LogP) is -15.3. The van der Waals surface area contributed by atoms with Crippen LogP contribution in [0, 0.1) is 0 Å². The van der Waals surface area contributed by atoms with Crippen LogP contribution in [-0.4, -0.2) is 40.3 Å². The molecule has 0 aromatic carbocycles. The van der Waals surface area contributed by atoms with Gasteiger partial charge in [0.25, 0.3) is 0 Å². The van der Waals surface area contributed by atoms with Crippen molar-refractivity contribution in [3.8, 4) is 0 Å². The van der Waals surface area contributed by atoms with Crippen molar-refractivity contribution in [2.24, 2.45) is 0 Å². The summed E-state index contributed by atoms with van der Waals surface area (Å²) in [7, 11) is -14.7. The Labute approximate surface area is 178 Å². The Bertz CT molecular complexity index is 210. The fourth-order valence-electron chi connectivity index (χ4n) is 0. The molecule has 112 valence electrons. The summed E-state index contributed by atoms with van der Waals surface area (Å²) in [6, 6.07) is 0. The number of hydrogen-bond donors (Lipinski definition) is 6. The average Bonchev–Trinajstić information content (AvgIpc) is 1.41. The quantitative estimate of drug-likeness (QED) is 0.164. The van der Waals surface area contributed by atoms with Crippen molar-refractivity contribution in [3.05, 3.63) is 0 Å². The van der Waals surface area contributed by atoms with E-state index in [1.165, 1.54) is 0 Å². The van der Waals surface area contributed by atoms with E-state index in [4.69, 9.17) is 57.7 Å². The molecule has 0 heterocycles. The molecule has 0 unspecified atom stereocenters. The van der Waals surface area contributed by atoms with Crippen LogP contribution in [0.3, 0.4) is 0 Å². The van der Waals surface area contributed by atoms with Crippen LogP contribution < -0.4 is 103 Å².